The maximum Gasteiger partial charge on any atom is 0.102 e. The van der Waals surface area contributed by atoms with Gasteiger partial charge in [0.15, 0.2) is 0 Å². The number of ether oxygens (including phenoxy) is 1. The lowest BCUT2D eigenvalue weighted by molar-refractivity contribution is 0.208. The fraction of sp³-hybridized carbons (Fsp3) is 0.800. The molecule has 0 atom stereocenters. The minimum Gasteiger partial charge on any atom is -0.500 e. The fourth-order valence-corrected chi connectivity index (χ4v) is 2.74. The van der Waals surface area contributed by atoms with Crippen molar-refractivity contribution in [2.24, 2.45) is 0 Å². The Balaban J connectivity index is 2.39. The molecule has 1 aliphatic heterocycles. The first-order valence-corrected chi connectivity index (χ1v) is 5.60. The molecule has 2 nitrogen and oxygen atoms in total. The molecule has 1 heterocycles. The van der Waals surface area contributed by atoms with Crippen LogP contribution in [0.1, 0.15) is 13.8 Å². The second kappa shape index (κ2) is 4.38. The van der Waals surface area contributed by atoms with Gasteiger partial charge in [-0.15, -0.1) is 0 Å². The minimum absolute atomic E-state index is 0.381. The largest absolute Gasteiger partial charge is 0.500 e. The fourth-order valence-electron chi connectivity index (χ4n) is 1.56. The molecule has 0 aromatic rings. The highest BCUT2D eigenvalue weighted by Crippen LogP contribution is 2.29. The summed E-state index contributed by atoms with van der Waals surface area (Å²) in [4.78, 5) is 2.41. The summed E-state index contributed by atoms with van der Waals surface area (Å²) in [5, 5.41) is 0. The van der Waals surface area contributed by atoms with Crippen LogP contribution in [0.3, 0.4) is 0 Å². The molecule has 1 rings (SSSR count). The summed E-state index contributed by atoms with van der Waals surface area (Å²) in [6.07, 6.45) is 0. The number of hydrogen-bond acceptors (Lipinski definition) is 3. The summed E-state index contributed by atoms with van der Waals surface area (Å²) in [7, 11) is 1.69. The van der Waals surface area contributed by atoms with E-state index in [0.717, 1.165) is 25.4 Å². The lowest BCUT2D eigenvalue weighted by Crippen LogP contribution is -2.43. The Hall–Kier alpha value is -0.150. The molecule has 1 saturated heterocycles. The molecule has 0 radical (unpaired) electrons. The van der Waals surface area contributed by atoms with Crippen molar-refractivity contribution < 1.29 is 4.74 Å². The Kier molecular flexibility index (Phi) is 3.68. The third kappa shape index (κ3) is 3.61. The third-order valence-electron chi connectivity index (χ3n) is 2.19. The van der Waals surface area contributed by atoms with Gasteiger partial charge in [0.2, 0.25) is 0 Å². The monoisotopic (exact) mass is 201 g/mol. The molecule has 0 spiro atoms. The van der Waals surface area contributed by atoms with Gasteiger partial charge >= 0.3 is 0 Å². The number of nitrogens with zero attached hydrogens (tertiary/aromatic N) is 1. The first kappa shape index (κ1) is 10.9. The Morgan fingerprint density at radius 1 is 1.62 bits per heavy atom. The van der Waals surface area contributed by atoms with Crippen LogP contribution in [-0.4, -0.2) is 42.1 Å². The molecule has 0 aliphatic carbocycles. The predicted molar refractivity (Wildman–Crippen MR) is 59.1 cm³/mol. The van der Waals surface area contributed by atoms with Gasteiger partial charge < -0.3 is 4.74 Å². The molecule has 0 saturated carbocycles. The first-order valence-electron chi connectivity index (χ1n) is 4.61. The van der Waals surface area contributed by atoms with E-state index in [9.17, 15) is 0 Å². The summed E-state index contributed by atoms with van der Waals surface area (Å²) in [6, 6.07) is 0. The van der Waals surface area contributed by atoms with Crippen molar-refractivity contribution in [2.45, 2.75) is 18.6 Å². The van der Waals surface area contributed by atoms with Gasteiger partial charge in [0, 0.05) is 23.6 Å². The molecule has 0 bridgehead atoms. The molecule has 3 heteroatoms. The normalized spacial score (nSPS) is 22.7. The van der Waals surface area contributed by atoms with E-state index in [0.29, 0.717) is 4.75 Å². The van der Waals surface area contributed by atoms with E-state index in [4.69, 9.17) is 4.74 Å². The maximum absolute atomic E-state index is 5.08. The molecular formula is C10H19NOS. The molecule has 0 amide bonds. The number of thioether (sulfide) groups is 1. The van der Waals surface area contributed by atoms with Crippen molar-refractivity contribution in [3.63, 3.8) is 0 Å². The average molecular weight is 201 g/mol. The quantitative estimate of drug-likeness (QED) is 0.648. The molecule has 13 heavy (non-hydrogen) atoms. The lowest BCUT2D eigenvalue weighted by atomic mass is 10.2. The molecule has 1 aliphatic rings. The van der Waals surface area contributed by atoms with Crippen LogP contribution in [0.4, 0.5) is 0 Å². The van der Waals surface area contributed by atoms with Crippen molar-refractivity contribution in [3.05, 3.63) is 12.3 Å². The smallest absolute Gasteiger partial charge is 0.102 e. The van der Waals surface area contributed by atoms with Crippen LogP contribution < -0.4 is 0 Å². The van der Waals surface area contributed by atoms with E-state index in [1.54, 1.807) is 7.11 Å². The molecule has 0 N–H and O–H groups in total. The van der Waals surface area contributed by atoms with Gasteiger partial charge in [-0.05, 0) is 13.8 Å². The topological polar surface area (TPSA) is 12.5 Å². The van der Waals surface area contributed by atoms with Gasteiger partial charge in [-0.3, -0.25) is 4.90 Å². The highest BCUT2D eigenvalue weighted by molar-refractivity contribution is 8.00. The van der Waals surface area contributed by atoms with E-state index < -0.39 is 0 Å². The van der Waals surface area contributed by atoms with Gasteiger partial charge in [0.05, 0.1) is 13.7 Å². The highest BCUT2D eigenvalue weighted by Gasteiger charge is 2.26. The van der Waals surface area contributed by atoms with Crippen LogP contribution in [-0.2, 0) is 4.74 Å². The minimum atomic E-state index is 0.381. The zero-order valence-corrected chi connectivity index (χ0v) is 9.62. The molecule has 76 valence electrons. The van der Waals surface area contributed by atoms with Crippen molar-refractivity contribution in [1.82, 2.24) is 4.90 Å². The zero-order valence-electron chi connectivity index (χ0n) is 8.80. The van der Waals surface area contributed by atoms with Crippen LogP contribution in [0.15, 0.2) is 12.3 Å². The van der Waals surface area contributed by atoms with E-state index in [1.807, 2.05) is 11.8 Å². The Bertz CT molecular complexity index is 191. The predicted octanol–water partition coefficient (Wildman–Crippen LogP) is 1.97. The number of rotatable bonds is 3. The summed E-state index contributed by atoms with van der Waals surface area (Å²) in [5.74, 6) is 2.08. The van der Waals surface area contributed by atoms with Gasteiger partial charge in [-0.2, -0.15) is 11.8 Å². The molecule has 0 aromatic heterocycles. The van der Waals surface area contributed by atoms with Crippen molar-refractivity contribution >= 4 is 11.8 Å². The van der Waals surface area contributed by atoms with Crippen LogP contribution in [0.2, 0.25) is 0 Å². The summed E-state index contributed by atoms with van der Waals surface area (Å²) >= 11 is 2.05. The molecule has 0 unspecified atom stereocenters. The molecule has 1 fully saturated rings. The van der Waals surface area contributed by atoms with Gasteiger partial charge in [0.25, 0.3) is 0 Å². The molecule has 0 aromatic carbocycles. The first-order chi connectivity index (χ1) is 6.03. The number of methoxy groups -OCH3 is 1. The maximum atomic E-state index is 5.08. The van der Waals surface area contributed by atoms with Gasteiger partial charge in [-0.25, -0.2) is 0 Å². The Labute approximate surface area is 85.3 Å². The van der Waals surface area contributed by atoms with Crippen LogP contribution in [0.5, 0.6) is 0 Å². The second-order valence-corrected chi connectivity index (χ2v) is 5.86. The zero-order chi connectivity index (χ0) is 9.90. The lowest BCUT2D eigenvalue weighted by Gasteiger charge is -2.37. The van der Waals surface area contributed by atoms with Crippen molar-refractivity contribution in [3.8, 4) is 0 Å². The van der Waals surface area contributed by atoms with Crippen LogP contribution >= 0.6 is 11.8 Å². The van der Waals surface area contributed by atoms with Gasteiger partial charge in [-0.1, -0.05) is 6.58 Å². The summed E-state index contributed by atoms with van der Waals surface area (Å²) < 4.78 is 5.46. The second-order valence-electron chi connectivity index (χ2n) is 4.06. The third-order valence-corrected chi connectivity index (χ3v) is 3.49. The summed E-state index contributed by atoms with van der Waals surface area (Å²) in [5.41, 5.74) is 0. The standard InChI is InChI=1S/C10H19NOS/c1-9(12-4)7-11-5-6-13-10(2,3)8-11/h1,5-8H2,2-4H3. The van der Waals surface area contributed by atoms with E-state index >= 15 is 0 Å². The van der Waals surface area contributed by atoms with Crippen molar-refractivity contribution in [2.75, 3.05) is 32.5 Å². The van der Waals surface area contributed by atoms with Crippen molar-refractivity contribution in [1.29, 1.82) is 0 Å². The highest BCUT2D eigenvalue weighted by atomic mass is 32.2. The number of hydrogen-bond donors (Lipinski definition) is 0. The van der Waals surface area contributed by atoms with Crippen LogP contribution in [0.25, 0.3) is 0 Å². The Morgan fingerprint density at radius 2 is 2.31 bits per heavy atom. The Morgan fingerprint density at radius 3 is 2.85 bits per heavy atom. The van der Waals surface area contributed by atoms with E-state index in [-0.39, 0.29) is 0 Å². The van der Waals surface area contributed by atoms with E-state index in [1.165, 1.54) is 5.75 Å². The van der Waals surface area contributed by atoms with Gasteiger partial charge in [0.1, 0.15) is 5.76 Å². The molecular weight excluding hydrogens is 182 g/mol. The summed E-state index contributed by atoms with van der Waals surface area (Å²) in [6.45, 7) is 11.6. The van der Waals surface area contributed by atoms with Crippen LogP contribution in [0, 0.1) is 0 Å². The average Bonchev–Trinajstić information content (AvgIpc) is 2.02. The SMILES string of the molecule is C=C(CN1CCSC(C)(C)C1)OC. The van der Waals surface area contributed by atoms with E-state index in [2.05, 4.69) is 25.3 Å².